The van der Waals surface area contributed by atoms with Crippen molar-refractivity contribution in [2.75, 3.05) is 57.4 Å². The first-order chi connectivity index (χ1) is 11.5. The molecule has 132 valence electrons. The molecule has 7 heteroatoms. The molecule has 2 aliphatic rings. The molecule has 1 atom stereocenters. The zero-order valence-electron chi connectivity index (χ0n) is 14.9. The molecule has 1 unspecified atom stereocenters. The maximum Gasteiger partial charge on any atom is 0.239 e. The van der Waals surface area contributed by atoms with Gasteiger partial charge in [-0.05, 0) is 20.8 Å². The maximum absolute atomic E-state index is 12.6. The number of carbonyl (C=O) groups excluding carboxylic acids is 1. The quantitative estimate of drug-likeness (QED) is 0.801. The molecule has 0 spiro atoms. The molecule has 1 aromatic heterocycles. The maximum atomic E-state index is 12.6. The smallest absolute Gasteiger partial charge is 0.239 e. The highest BCUT2D eigenvalue weighted by Crippen LogP contribution is 2.17. The number of anilines is 1. The summed E-state index contributed by atoms with van der Waals surface area (Å²) < 4.78 is 5.33. The van der Waals surface area contributed by atoms with Gasteiger partial charge in [0.05, 0.1) is 19.3 Å². The van der Waals surface area contributed by atoms with Crippen molar-refractivity contribution in [3.63, 3.8) is 0 Å². The summed E-state index contributed by atoms with van der Waals surface area (Å²) >= 11 is 0. The molecule has 3 rings (SSSR count). The SMILES string of the molecule is Cc1cc(N2CCN(C(C)C(=O)N3CCOCC3)CC2)nc(C)n1. The van der Waals surface area contributed by atoms with Crippen molar-refractivity contribution in [3.8, 4) is 0 Å². The van der Waals surface area contributed by atoms with Gasteiger partial charge in [-0.2, -0.15) is 0 Å². The summed E-state index contributed by atoms with van der Waals surface area (Å²) in [6.07, 6.45) is 0. The summed E-state index contributed by atoms with van der Waals surface area (Å²) in [6, 6.07) is 1.96. The molecule has 1 amide bonds. The number of nitrogens with zero attached hydrogens (tertiary/aromatic N) is 5. The average Bonchev–Trinajstić information content (AvgIpc) is 2.60. The second-order valence-corrected chi connectivity index (χ2v) is 6.55. The Kier molecular flexibility index (Phi) is 5.30. The summed E-state index contributed by atoms with van der Waals surface area (Å²) in [5, 5.41) is 0. The van der Waals surface area contributed by atoms with Gasteiger partial charge in [0.25, 0.3) is 0 Å². The number of ether oxygens (including phenoxy) is 1. The minimum Gasteiger partial charge on any atom is -0.378 e. The first-order valence-corrected chi connectivity index (χ1v) is 8.72. The van der Waals surface area contributed by atoms with Crippen LogP contribution in [0.15, 0.2) is 6.07 Å². The van der Waals surface area contributed by atoms with E-state index in [0.717, 1.165) is 43.5 Å². The molecule has 0 saturated carbocycles. The van der Waals surface area contributed by atoms with Gasteiger partial charge < -0.3 is 14.5 Å². The van der Waals surface area contributed by atoms with Gasteiger partial charge in [-0.15, -0.1) is 0 Å². The van der Waals surface area contributed by atoms with Crippen LogP contribution in [0.5, 0.6) is 0 Å². The number of morpholine rings is 1. The number of aryl methyl sites for hydroxylation is 2. The van der Waals surface area contributed by atoms with Gasteiger partial charge in [-0.25, -0.2) is 9.97 Å². The number of piperazine rings is 1. The van der Waals surface area contributed by atoms with E-state index in [0.29, 0.717) is 26.3 Å². The third kappa shape index (κ3) is 3.84. The van der Waals surface area contributed by atoms with Crippen LogP contribution in [0.1, 0.15) is 18.4 Å². The minimum absolute atomic E-state index is 0.0703. The van der Waals surface area contributed by atoms with Crippen LogP contribution in [0.2, 0.25) is 0 Å². The third-order valence-electron chi connectivity index (χ3n) is 4.82. The Morgan fingerprint density at radius 2 is 1.75 bits per heavy atom. The topological polar surface area (TPSA) is 61.8 Å². The standard InChI is InChI=1S/C17H27N5O2/c1-13-12-16(19-15(3)18-13)21-6-4-20(5-7-21)14(2)17(23)22-8-10-24-11-9-22/h12,14H,4-11H2,1-3H3. The van der Waals surface area contributed by atoms with E-state index in [4.69, 9.17) is 4.74 Å². The number of hydrogen-bond donors (Lipinski definition) is 0. The summed E-state index contributed by atoms with van der Waals surface area (Å²) in [5.41, 5.74) is 0.996. The molecule has 0 radical (unpaired) electrons. The van der Waals surface area contributed by atoms with Gasteiger partial charge in [-0.1, -0.05) is 0 Å². The van der Waals surface area contributed by atoms with E-state index in [1.807, 2.05) is 31.7 Å². The molecule has 2 aliphatic heterocycles. The number of hydrogen-bond acceptors (Lipinski definition) is 6. The van der Waals surface area contributed by atoms with Gasteiger partial charge in [0.1, 0.15) is 11.6 Å². The van der Waals surface area contributed by atoms with E-state index >= 15 is 0 Å². The van der Waals surface area contributed by atoms with E-state index in [-0.39, 0.29) is 11.9 Å². The third-order valence-corrected chi connectivity index (χ3v) is 4.82. The second-order valence-electron chi connectivity index (χ2n) is 6.55. The van der Waals surface area contributed by atoms with Crippen LogP contribution < -0.4 is 4.90 Å². The summed E-state index contributed by atoms with van der Waals surface area (Å²) in [6.45, 7) is 12.2. The molecule has 2 fully saturated rings. The Bertz CT molecular complexity index is 560. The molecule has 24 heavy (non-hydrogen) atoms. The van der Waals surface area contributed by atoms with Crippen molar-refractivity contribution in [3.05, 3.63) is 17.6 Å². The summed E-state index contributed by atoms with van der Waals surface area (Å²) in [7, 11) is 0. The second kappa shape index (κ2) is 7.44. The first kappa shape index (κ1) is 17.1. The summed E-state index contributed by atoms with van der Waals surface area (Å²) in [4.78, 5) is 28.0. The van der Waals surface area contributed by atoms with Crippen LogP contribution in [0.4, 0.5) is 5.82 Å². The number of amides is 1. The van der Waals surface area contributed by atoms with Crippen LogP contribution >= 0.6 is 0 Å². The van der Waals surface area contributed by atoms with Gasteiger partial charge in [0.2, 0.25) is 5.91 Å². The zero-order chi connectivity index (χ0) is 17.1. The lowest BCUT2D eigenvalue weighted by molar-refractivity contribution is -0.140. The number of carbonyl (C=O) groups is 1. The van der Waals surface area contributed by atoms with E-state index in [9.17, 15) is 4.79 Å². The van der Waals surface area contributed by atoms with E-state index in [1.54, 1.807) is 0 Å². The lowest BCUT2D eigenvalue weighted by Gasteiger charge is -2.40. The Balaban J connectivity index is 1.57. The highest BCUT2D eigenvalue weighted by atomic mass is 16.5. The molecular weight excluding hydrogens is 306 g/mol. The van der Waals surface area contributed by atoms with Gasteiger partial charge in [-0.3, -0.25) is 9.69 Å². The molecule has 2 saturated heterocycles. The molecule has 0 N–H and O–H groups in total. The minimum atomic E-state index is -0.0703. The Morgan fingerprint density at radius 3 is 2.38 bits per heavy atom. The van der Waals surface area contributed by atoms with Crippen molar-refractivity contribution < 1.29 is 9.53 Å². The van der Waals surface area contributed by atoms with E-state index < -0.39 is 0 Å². The fourth-order valence-electron chi connectivity index (χ4n) is 3.40. The monoisotopic (exact) mass is 333 g/mol. The van der Waals surface area contributed by atoms with Crippen molar-refractivity contribution in [2.45, 2.75) is 26.8 Å². The Morgan fingerprint density at radius 1 is 1.08 bits per heavy atom. The highest BCUT2D eigenvalue weighted by molar-refractivity contribution is 5.81. The van der Waals surface area contributed by atoms with E-state index in [1.165, 1.54) is 0 Å². The summed E-state index contributed by atoms with van der Waals surface area (Å²) in [5.74, 6) is 2.02. The van der Waals surface area contributed by atoms with Crippen molar-refractivity contribution >= 4 is 11.7 Å². The van der Waals surface area contributed by atoms with Crippen molar-refractivity contribution in [1.29, 1.82) is 0 Å². The molecule has 1 aromatic rings. The molecule has 7 nitrogen and oxygen atoms in total. The Labute approximate surface area is 143 Å². The molecule has 0 aromatic carbocycles. The molecule has 0 bridgehead atoms. The highest BCUT2D eigenvalue weighted by Gasteiger charge is 2.29. The molecular formula is C17H27N5O2. The lowest BCUT2D eigenvalue weighted by Crippen LogP contribution is -2.56. The van der Waals surface area contributed by atoms with Crippen molar-refractivity contribution in [2.24, 2.45) is 0 Å². The predicted octanol–water partition coefficient (Wildman–Crippen LogP) is 0.463. The van der Waals surface area contributed by atoms with Gasteiger partial charge >= 0.3 is 0 Å². The van der Waals surface area contributed by atoms with E-state index in [2.05, 4.69) is 19.8 Å². The predicted molar refractivity (Wildman–Crippen MR) is 92.2 cm³/mol. The van der Waals surface area contributed by atoms with Gasteiger partial charge in [0.15, 0.2) is 0 Å². The number of rotatable bonds is 3. The zero-order valence-corrected chi connectivity index (χ0v) is 14.9. The van der Waals surface area contributed by atoms with Gasteiger partial charge in [0, 0.05) is 51.0 Å². The molecule has 3 heterocycles. The van der Waals surface area contributed by atoms with Crippen LogP contribution in [0.3, 0.4) is 0 Å². The van der Waals surface area contributed by atoms with Crippen LogP contribution in [-0.2, 0) is 9.53 Å². The molecule has 0 aliphatic carbocycles. The van der Waals surface area contributed by atoms with Crippen LogP contribution in [0.25, 0.3) is 0 Å². The Hall–Kier alpha value is -1.73. The fraction of sp³-hybridized carbons (Fsp3) is 0.706. The lowest BCUT2D eigenvalue weighted by atomic mass is 10.2. The fourth-order valence-corrected chi connectivity index (χ4v) is 3.40. The van der Waals surface area contributed by atoms with Crippen LogP contribution in [0, 0.1) is 13.8 Å². The van der Waals surface area contributed by atoms with Crippen molar-refractivity contribution in [1.82, 2.24) is 19.8 Å². The first-order valence-electron chi connectivity index (χ1n) is 8.72. The largest absolute Gasteiger partial charge is 0.378 e. The number of aromatic nitrogens is 2. The normalized spacial score (nSPS) is 21.0. The van der Waals surface area contributed by atoms with Crippen LogP contribution in [-0.4, -0.2) is 84.2 Å². The average molecular weight is 333 g/mol.